The topological polar surface area (TPSA) is 59.5 Å². The maximum atomic E-state index is 5.45. The summed E-state index contributed by atoms with van der Waals surface area (Å²) < 4.78 is 10.9. The lowest BCUT2D eigenvalue weighted by Gasteiger charge is -2.26. The predicted molar refractivity (Wildman–Crippen MR) is 114 cm³/mol. The van der Waals surface area contributed by atoms with Crippen LogP contribution in [-0.2, 0) is 16.0 Å². The first-order valence-corrected chi connectivity index (χ1v) is 10.5. The molecule has 0 spiro atoms. The number of methoxy groups -OCH3 is 1. The van der Waals surface area contributed by atoms with Gasteiger partial charge >= 0.3 is 0 Å². The number of hydrogen-bond acceptors (Lipinski definition) is 7. The summed E-state index contributed by atoms with van der Waals surface area (Å²) in [6.07, 6.45) is 0.103. The van der Waals surface area contributed by atoms with Gasteiger partial charge in [-0.3, -0.25) is 4.90 Å². The Bertz CT molecular complexity index is 909. The molecule has 3 aromatic rings. The van der Waals surface area contributed by atoms with Crippen molar-refractivity contribution in [3.05, 3.63) is 41.5 Å². The zero-order valence-corrected chi connectivity index (χ0v) is 17.2. The quantitative estimate of drug-likeness (QED) is 0.656. The summed E-state index contributed by atoms with van der Waals surface area (Å²) in [5.41, 5.74) is 2.35. The normalized spacial score (nSPS) is 16.4. The molecule has 6 nitrogen and oxygen atoms in total. The standard InChI is InChI=1S/C21H26N4O2S/c1-15(26-2)12-22-20-19-17(16-6-4-3-5-7-16)14-28-21(19)24-18(23-20)13-25-8-10-27-11-9-25/h3-7,14-15H,8-13H2,1-2H3,(H,22,23,24). The molecule has 1 aliphatic rings. The van der Waals surface area contributed by atoms with Crippen molar-refractivity contribution in [3.63, 3.8) is 0 Å². The van der Waals surface area contributed by atoms with Gasteiger partial charge in [0.15, 0.2) is 0 Å². The van der Waals surface area contributed by atoms with Crippen molar-refractivity contribution in [1.82, 2.24) is 14.9 Å². The van der Waals surface area contributed by atoms with E-state index in [1.807, 2.05) is 13.0 Å². The summed E-state index contributed by atoms with van der Waals surface area (Å²) in [5.74, 6) is 1.74. The lowest BCUT2D eigenvalue weighted by atomic mass is 10.1. The first-order chi connectivity index (χ1) is 13.7. The molecule has 0 bridgehead atoms. The van der Waals surface area contributed by atoms with E-state index in [1.54, 1.807) is 18.4 Å². The summed E-state index contributed by atoms with van der Waals surface area (Å²) >= 11 is 1.67. The fourth-order valence-corrected chi connectivity index (χ4v) is 4.26. The van der Waals surface area contributed by atoms with E-state index in [0.717, 1.165) is 54.7 Å². The van der Waals surface area contributed by atoms with Crippen molar-refractivity contribution in [3.8, 4) is 11.1 Å². The van der Waals surface area contributed by atoms with Gasteiger partial charge in [0.1, 0.15) is 16.5 Å². The molecule has 1 aromatic carbocycles. The van der Waals surface area contributed by atoms with Crippen molar-refractivity contribution >= 4 is 27.4 Å². The number of thiophene rings is 1. The van der Waals surface area contributed by atoms with Crippen LogP contribution in [0.15, 0.2) is 35.7 Å². The highest BCUT2D eigenvalue weighted by molar-refractivity contribution is 7.17. The second-order valence-electron chi connectivity index (χ2n) is 7.00. The maximum Gasteiger partial charge on any atom is 0.146 e. The number of ether oxygens (including phenoxy) is 2. The molecule has 0 saturated carbocycles. The largest absolute Gasteiger partial charge is 0.380 e. The van der Waals surface area contributed by atoms with Crippen molar-refractivity contribution in [2.24, 2.45) is 0 Å². The zero-order chi connectivity index (χ0) is 19.3. The van der Waals surface area contributed by atoms with Gasteiger partial charge < -0.3 is 14.8 Å². The minimum Gasteiger partial charge on any atom is -0.380 e. The van der Waals surface area contributed by atoms with Crippen LogP contribution in [0.1, 0.15) is 12.7 Å². The Morgan fingerprint density at radius 1 is 1.21 bits per heavy atom. The van der Waals surface area contributed by atoms with E-state index in [2.05, 4.69) is 39.9 Å². The number of hydrogen-bond donors (Lipinski definition) is 1. The van der Waals surface area contributed by atoms with Crippen molar-refractivity contribution < 1.29 is 9.47 Å². The van der Waals surface area contributed by atoms with E-state index in [4.69, 9.17) is 19.4 Å². The molecule has 0 radical (unpaired) electrons. The molecule has 4 rings (SSSR count). The average Bonchev–Trinajstić information content (AvgIpc) is 3.17. The maximum absolute atomic E-state index is 5.45. The summed E-state index contributed by atoms with van der Waals surface area (Å²) in [6, 6.07) is 10.4. The van der Waals surface area contributed by atoms with Crippen LogP contribution in [-0.4, -0.2) is 60.9 Å². The fourth-order valence-electron chi connectivity index (χ4n) is 3.30. The first kappa shape index (κ1) is 19.3. The van der Waals surface area contributed by atoms with Gasteiger partial charge in [-0.15, -0.1) is 11.3 Å². The zero-order valence-electron chi connectivity index (χ0n) is 16.4. The third-order valence-electron chi connectivity index (χ3n) is 4.99. The Morgan fingerprint density at radius 2 is 2.00 bits per heavy atom. The Labute approximate surface area is 169 Å². The average molecular weight is 399 g/mol. The van der Waals surface area contributed by atoms with Crippen LogP contribution in [0.25, 0.3) is 21.3 Å². The van der Waals surface area contributed by atoms with Gasteiger partial charge in [0.05, 0.1) is 31.2 Å². The van der Waals surface area contributed by atoms with Gasteiger partial charge in [-0.25, -0.2) is 9.97 Å². The third kappa shape index (κ3) is 4.33. The minimum atomic E-state index is 0.103. The SMILES string of the molecule is COC(C)CNc1nc(CN2CCOCC2)nc2scc(-c3ccccc3)c12. The molecule has 1 atom stereocenters. The highest BCUT2D eigenvalue weighted by Gasteiger charge is 2.18. The Balaban J connectivity index is 1.71. The molecule has 2 aromatic heterocycles. The summed E-state index contributed by atoms with van der Waals surface area (Å²) in [5, 5.41) is 6.77. The minimum absolute atomic E-state index is 0.103. The smallest absolute Gasteiger partial charge is 0.146 e. The van der Waals surface area contributed by atoms with Crippen molar-refractivity contribution in [1.29, 1.82) is 0 Å². The molecule has 7 heteroatoms. The van der Waals surface area contributed by atoms with Gasteiger partial charge in [0.25, 0.3) is 0 Å². The number of aromatic nitrogens is 2. The van der Waals surface area contributed by atoms with Crippen LogP contribution >= 0.6 is 11.3 Å². The molecule has 1 aliphatic heterocycles. The first-order valence-electron chi connectivity index (χ1n) is 9.65. The molecule has 1 unspecified atom stereocenters. The van der Waals surface area contributed by atoms with Crippen LogP contribution in [0.4, 0.5) is 5.82 Å². The molecule has 1 N–H and O–H groups in total. The monoisotopic (exact) mass is 398 g/mol. The van der Waals surface area contributed by atoms with Crippen LogP contribution in [0, 0.1) is 0 Å². The molecular formula is C21H26N4O2S. The Hall–Kier alpha value is -2.06. The number of morpholine rings is 1. The number of nitrogens with one attached hydrogen (secondary N) is 1. The molecule has 0 aliphatic carbocycles. The van der Waals surface area contributed by atoms with E-state index in [-0.39, 0.29) is 6.10 Å². The second-order valence-corrected chi connectivity index (χ2v) is 7.86. The van der Waals surface area contributed by atoms with E-state index >= 15 is 0 Å². The summed E-state index contributed by atoms with van der Waals surface area (Å²) in [6.45, 7) is 6.88. The van der Waals surface area contributed by atoms with Gasteiger partial charge in [-0.2, -0.15) is 0 Å². The van der Waals surface area contributed by atoms with Crippen LogP contribution in [0.3, 0.4) is 0 Å². The molecule has 3 heterocycles. The lowest BCUT2D eigenvalue weighted by Crippen LogP contribution is -2.36. The van der Waals surface area contributed by atoms with Gasteiger partial charge in [-0.05, 0) is 12.5 Å². The fraction of sp³-hybridized carbons (Fsp3) is 0.429. The predicted octanol–water partition coefficient (Wildman–Crippen LogP) is 3.64. The summed E-state index contributed by atoms with van der Waals surface area (Å²) in [7, 11) is 1.73. The molecule has 1 fully saturated rings. The molecule has 0 amide bonds. The number of benzene rings is 1. The van der Waals surface area contributed by atoms with Crippen molar-refractivity contribution in [2.45, 2.75) is 19.6 Å². The third-order valence-corrected chi connectivity index (χ3v) is 5.86. The van der Waals surface area contributed by atoms with Crippen LogP contribution in [0.5, 0.6) is 0 Å². The molecule has 1 saturated heterocycles. The Kier molecular flexibility index (Phi) is 6.17. The van der Waals surface area contributed by atoms with Gasteiger partial charge in [-0.1, -0.05) is 30.3 Å². The highest BCUT2D eigenvalue weighted by atomic mass is 32.1. The lowest BCUT2D eigenvalue weighted by molar-refractivity contribution is 0.0331. The number of rotatable bonds is 7. The van der Waals surface area contributed by atoms with Crippen LogP contribution < -0.4 is 5.32 Å². The molecular weight excluding hydrogens is 372 g/mol. The van der Waals surface area contributed by atoms with E-state index in [9.17, 15) is 0 Å². The summed E-state index contributed by atoms with van der Waals surface area (Å²) in [4.78, 5) is 13.1. The molecule has 148 valence electrons. The van der Waals surface area contributed by atoms with Crippen molar-refractivity contribution in [2.75, 3.05) is 45.3 Å². The van der Waals surface area contributed by atoms with Crippen LogP contribution in [0.2, 0.25) is 0 Å². The number of nitrogens with zero attached hydrogens (tertiary/aromatic N) is 3. The Morgan fingerprint density at radius 3 is 2.75 bits per heavy atom. The van der Waals surface area contributed by atoms with E-state index in [0.29, 0.717) is 6.54 Å². The van der Waals surface area contributed by atoms with E-state index in [1.165, 1.54) is 11.1 Å². The number of fused-ring (bicyclic) bond motifs is 1. The number of anilines is 1. The van der Waals surface area contributed by atoms with Gasteiger partial charge in [0, 0.05) is 37.7 Å². The molecule has 28 heavy (non-hydrogen) atoms. The second kappa shape index (κ2) is 8.96. The highest BCUT2D eigenvalue weighted by Crippen LogP contribution is 2.37. The van der Waals surface area contributed by atoms with E-state index < -0.39 is 0 Å². The van der Waals surface area contributed by atoms with Gasteiger partial charge in [0.2, 0.25) is 0 Å².